The summed E-state index contributed by atoms with van der Waals surface area (Å²) in [6.07, 6.45) is 0. The number of rotatable bonds is 7. The molecule has 154 valence electrons. The Bertz CT molecular complexity index is 1110. The van der Waals surface area contributed by atoms with Gasteiger partial charge in [-0.05, 0) is 36.8 Å². The number of nitro benzene ring substituents is 1. The van der Waals surface area contributed by atoms with Crippen LogP contribution in [0.1, 0.15) is 12.5 Å². The van der Waals surface area contributed by atoms with Gasteiger partial charge in [-0.1, -0.05) is 23.9 Å². The van der Waals surface area contributed by atoms with E-state index in [1.54, 1.807) is 37.3 Å². The number of hydrogen-bond acceptors (Lipinski definition) is 8. The lowest BCUT2D eigenvalue weighted by molar-refractivity contribution is -0.384. The van der Waals surface area contributed by atoms with Crippen LogP contribution in [-0.4, -0.2) is 32.7 Å². The van der Waals surface area contributed by atoms with Crippen molar-refractivity contribution in [3.8, 4) is 11.5 Å². The number of thioether (sulfide) groups is 1. The Morgan fingerprint density at radius 2 is 1.97 bits per heavy atom. The maximum Gasteiger partial charge on any atom is 0.293 e. The summed E-state index contributed by atoms with van der Waals surface area (Å²) in [5.74, 6) is -0.481. The average molecular weight is 427 g/mol. The topological polar surface area (TPSA) is 140 Å². The number of amides is 2. The van der Waals surface area contributed by atoms with Crippen molar-refractivity contribution in [1.82, 2.24) is 10.2 Å². The second kappa shape index (κ2) is 9.18. The molecule has 0 aliphatic heterocycles. The fourth-order valence-electron chi connectivity index (χ4n) is 2.53. The van der Waals surface area contributed by atoms with Gasteiger partial charge in [0.15, 0.2) is 0 Å². The van der Waals surface area contributed by atoms with E-state index >= 15 is 0 Å². The van der Waals surface area contributed by atoms with Crippen molar-refractivity contribution >= 4 is 40.6 Å². The predicted molar refractivity (Wildman–Crippen MR) is 111 cm³/mol. The van der Waals surface area contributed by atoms with Crippen molar-refractivity contribution < 1.29 is 18.9 Å². The summed E-state index contributed by atoms with van der Waals surface area (Å²) in [5.41, 5.74) is 1.87. The number of nitrogens with zero attached hydrogens (tertiary/aromatic N) is 3. The van der Waals surface area contributed by atoms with Crippen molar-refractivity contribution in [2.45, 2.75) is 19.1 Å². The molecule has 0 aliphatic carbocycles. The summed E-state index contributed by atoms with van der Waals surface area (Å²) in [4.78, 5) is 34.0. The van der Waals surface area contributed by atoms with E-state index in [4.69, 9.17) is 4.42 Å². The second-order valence-electron chi connectivity index (χ2n) is 6.25. The number of anilines is 2. The minimum atomic E-state index is -0.547. The first-order chi connectivity index (χ1) is 14.3. The third-order valence-corrected chi connectivity index (χ3v) is 4.61. The molecule has 0 aliphatic rings. The van der Waals surface area contributed by atoms with Crippen LogP contribution < -0.4 is 10.6 Å². The van der Waals surface area contributed by atoms with Crippen molar-refractivity contribution in [3.63, 3.8) is 0 Å². The molecule has 30 heavy (non-hydrogen) atoms. The highest BCUT2D eigenvalue weighted by Crippen LogP contribution is 2.27. The molecule has 0 spiro atoms. The van der Waals surface area contributed by atoms with E-state index in [1.165, 1.54) is 19.1 Å². The van der Waals surface area contributed by atoms with Gasteiger partial charge in [0.2, 0.25) is 17.7 Å². The number of aryl methyl sites for hydroxylation is 1. The number of benzene rings is 2. The van der Waals surface area contributed by atoms with Gasteiger partial charge in [-0.3, -0.25) is 19.7 Å². The highest BCUT2D eigenvalue weighted by molar-refractivity contribution is 7.99. The highest BCUT2D eigenvalue weighted by Gasteiger charge is 2.17. The normalized spacial score (nSPS) is 10.5. The molecule has 0 atom stereocenters. The lowest BCUT2D eigenvalue weighted by Gasteiger charge is -2.05. The Hall–Kier alpha value is -3.73. The summed E-state index contributed by atoms with van der Waals surface area (Å²) in [7, 11) is 0. The van der Waals surface area contributed by atoms with E-state index in [-0.39, 0.29) is 34.1 Å². The highest BCUT2D eigenvalue weighted by atomic mass is 32.2. The third-order valence-electron chi connectivity index (χ3n) is 3.79. The third kappa shape index (κ3) is 5.41. The van der Waals surface area contributed by atoms with Gasteiger partial charge in [0.05, 0.1) is 10.7 Å². The van der Waals surface area contributed by atoms with Gasteiger partial charge in [0.1, 0.15) is 5.69 Å². The Morgan fingerprint density at radius 1 is 1.17 bits per heavy atom. The van der Waals surface area contributed by atoms with E-state index in [9.17, 15) is 19.7 Å². The molecule has 2 amide bonds. The van der Waals surface area contributed by atoms with Gasteiger partial charge in [-0.15, -0.1) is 10.2 Å². The van der Waals surface area contributed by atoms with Crippen LogP contribution in [0.15, 0.2) is 52.1 Å². The summed E-state index contributed by atoms with van der Waals surface area (Å²) in [5, 5.41) is 24.3. The van der Waals surface area contributed by atoms with Gasteiger partial charge in [0, 0.05) is 24.2 Å². The molecule has 0 bridgehead atoms. The van der Waals surface area contributed by atoms with Gasteiger partial charge in [-0.2, -0.15) is 0 Å². The van der Waals surface area contributed by atoms with Crippen LogP contribution in [0, 0.1) is 17.0 Å². The largest absolute Gasteiger partial charge is 0.411 e. The van der Waals surface area contributed by atoms with Crippen molar-refractivity contribution in [2.24, 2.45) is 0 Å². The Kier molecular flexibility index (Phi) is 6.42. The van der Waals surface area contributed by atoms with Gasteiger partial charge < -0.3 is 15.1 Å². The summed E-state index contributed by atoms with van der Waals surface area (Å²) < 4.78 is 5.55. The molecule has 0 radical (unpaired) electrons. The minimum absolute atomic E-state index is 0.0708. The van der Waals surface area contributed by atoms with Crippen LogP contribution in [0.2, 0.25) is 0 Å². The van der Waals surface area contributed by atoms with E-state index in [1.807, 2.05) is 0 Å². The number of carbonyl (C=O) groups excluding carboxylic acids is 2. The maximum atomic E-state index is 12.2. The molecular weight excluding hydrogens is 410 g/mol. The van der Waals surface area contributed by atoms with E-state index < -0.39 is 10.8 Å². The Labute approximate surface area is 175 Å². The number of nitrogens with one attached hydrogen (secondary N) is 2. The lowest BCUT2D eigenvalue weighted by atomic mass is 10.2. The van der Waals surface area contributed by atoms with Crippen LogP contribution in [0.4, 0.5) is 17.1 Å². The standard InChI is InChI=1S/C19H17N5O5S/c1-11-6-7-15(16(8-11)24(27)28)21-17(26)10-30-19-23-22-18(29-19)13-4-3-5-14(9-13)20-12(2)25/h3-9H,10H2,1-2H3,(H,20,25)(H,21,26). The molecule has 10 nitrogen and oxygen atoms in total. The number of aromatic nitrogens is 2. The number of carbonyl (C=O) groups is 2. The summed E-state index contributed by atoms with van der Waals surface area (Å²) in [6, 6.07) is 11.5. The molecule has 0 saturated heterocycles. The molecule has 3 rings (SSSR count). The number of hydrogen-bond donors (Lipinski definition) is 2. The smallest absolute Gasteiger partial charge is 0.293 e. The Morgan fingerprint density at radius 3 is 2.70 bits per heavy atom. The predicted octanol–water partition coefficient (Wildman–Crippen LogP) is 3.64. The first-order valence-corrected chi connectivity index (χ1v) is 9.69. The zero-order chi connectivity index (χ0) is 21.7. The Balaban J connectivity index is 1.63. The molecule has 3 aromatic rings. The average Bonchev–Trinajstić information content (AvgIpc) is 3.16. The number of nitro groups is 1. The fourth-order valence-corrected chi connectivity index (χ4v) is 3.09. The first kappa shape index (κ1) is 21.0. The molecule has 2 aromatic carbocycles. The minimum Gasteiger partial charge on any atom is -0.411 e. The lowest BCUT2D eigenvalue weighted by Crippen LogP contribution is -2.15. The first-order valence-electron chi connectivity index (χ1n) is 8.71. The molecular formula is C19H17N5O5S. The van der Waals surface area contributed by atoms with Crippen LogP contribution >= 0.6 is 11.8 Å². The van der Waals surface area contributed by atoms with Crippen molar-refractivity contribution in [1.29, 1.82) is 0 Å². The molecule has 11 heteroatoms. The van der Waals surface area contributed by atoms with Crippen molar-refractivity contribution in [2.75, 3.05) is 16.4 Å². The molecule has 0 unspecified atom stereocenters. The monoisotopic (exact) mass is 427 g/mol. The molecule has 1 aromatic heterocycles. The van der Waals surface area contributed by atoms with E-state index in [2.05, 4.69) is 20.8 Å². The molecule has 2 N–H and O–H groups in total. The zero-order valence-electron chi connectivity index (χ0n) is 16.0. The SMILES string of the molecule is CC(=O)Nc1cccc(-c2nnc(SCC(=O)Nc3ccc(C)cc3[N+](=O)[O-])o2)c1. The zero-order valence-corrected chi connectivity index (χ0v) is 16.9. The van der Waals surface area contributed by atoms with E-state index in [0.29, 0.717) is 11.3 Å². The van der Waals surface area contributed by atoms with Crippen LogP contribution in [0.3, 0.4) is 0 Å². The second-order valence-corrected chi connectivity index (χ2v) is 7.18. The maximum absolute atomic E-state index is 12.2. The summed E-state index contributed by atoms with van der Waals surface area (Å²) in [6.45, 7) is 3.14. The van der Waals surface area contributed by atoms with Crippen molar-refractivity contribution in [3.05, 3.63) is 58.1 Å². The summed E-state index contributed by atoms with van der Waals surface area (Å²) >= 11 is 1.00. The molecule has 0 saturated carbocycles. The fraction of sp³-hybridized carbons (Fsp3) is 0.158. The van der Waals surface area contributed by atoms with Gasteiger partial charge >= 0.3 is 0 Å². The molecule has 1 heterocycles. The molecule has 0 fully saturated rings. The van der Waals surface area contributed by atoms with Crippen LogP contribution in [0.5, 0.6) is 0 Å². The van der Waals surface area contributed by atoms with Gasteiger partial charge in [0.25, 0.3) is 10.9 Å². The van der Waals surface area contributed by atoms with Crippen LogP contribution in [-0.2, 0) is 9.59 Å². The van der Waals surface area contributed by atoms with Gasteiger partial charge in [-0.25, -0.2) is 0 Å². The van der Waals surface area contributed by atoms with Crippen LogP contribution in [0.25, 0.3) is 11.5 Å². The quantitative estimate of drug-likeness (QED) is 0.331. The van der Waals surface area contributed by atoms with E-state index in [0.717, 1.165) is 17.3 Å².